The molecule has 0 unspecified atom stereocenters. The van der Waals surface area contributed by atoms with Crippen molar-refractivity contribution in [2.75, 3.05) is 13.1 Å². The molecule has 0 fully saturated rings. The Morgan fingerprint density at radius 3 is 2.53 bits per heavy atom. The predicted molar refractivity (Wildman–Crippen MR) is 72.2 cm³/mol. The monoisotopic (exact) mass is 241 g/mol. The summed E-state index contributed by atoms with van der Waals surface area (Å²) in [6.07, 6.45) is 6.30. The molecule has 0 spiro atoms. The number of carbonyl (C=O) groups is 1. The van der Waals surface area contributed by atoms with Crippen LogP contribution < -0.4 is 5.32 Å². The van der Waals surface area contributed by atoms with Gasteiger partial charge >= 0.3 is 5.97 Å². The summed E-state index contributed by atoms with van der Waals surface area (Å²) in [6, 6.07) is 0. The van der Waals surface area contributed by atoms with E-state index < -0.39 is 5.97 Å². The zero-order valence-electron chi connectivity index (χ0n) is 11.7. The van der Waals surface area contributed by atoms with Gasteiger partial charge in [-0.25, -0.2) is 4.79 Å². The SMILES string of the molecule is CCCCCC(C)(C)CNCC(C)=CC(=O)O. The molecule has 0 amide bonds. The minimum atomic E-state index is -0.869. The fourth-order valence-electron chi connectivity index (χ4n) is 1.80. The quantitative estimate of drug-likeness (QED) is 0.481. The summed E-state index contributed by atoms with van der Waals surface area (Å²) in [7, 11) is 0. The molecule has 0 saturated carbocycles. The largest absolute Gasteiger partial charge is 0.478 e. The van der Waals surface area contributed by atoms with Gasteiger partial charge in [-0.05, 0) is 18.8 Å². The van der Waals surface area contributed by atoms with Crippen LogP contribution in [0, 0.1) is 5.41 Å². The molecule has 0 aliphatic rings. The summed E-state index contributed by atoms with van der Waals surface area (Å²) in [5.74, 6) is -0.869. The summed E-state index contributed by atoms with van der Waals surface area (Å²) < 4.78 is 0. The van der Waals surface area contributed by atoms with E-state index >= 15 is 0 Å². The standard InChI is InChI=1S/C14H27NO2/c1-5-6-7-8-14(3,4)11-15-10-12(2)9-13(16)17/h9,15H,5-8,10-11H2,1-4H3,(H,16,17). The van der Waals surface area contributed by atoms with Crippen molar-refractivity contribution in [2.45, 2.75) is 53.4 Å². The van der Waals surface area contributed by atoms with E-state index in [4.69, 9.17) is 5.11 Å². The van der Waals surface area contributed by atoms with Gasteiger partial charge in [-0.15, -0.1) is 0 Å². The van der Waals surface area contributed by atoms with E-state index in [0.29, 0.717) is 12.0 Å². The summed E-state index contributed by atoms with van der Waals surface area (Å²) >= 11 is 0. The number of hydrogen-bond donors (Lipinski definition) is 2. The first-order valence-electron chi connectivity index (χ1n) is 6.48. The average molecular weight is 241 g/mol. The van der Waals surface area contributed by atoms with Gasteiger partial charge in [-0.3, -0.25) is 0 Å². The van der Waals surface area contributed by atoms with Gasteiger partial charge in [0.05, 0.1) is 0 Å². The summed E-state index contributed by atoms with van der Waals surface area (Å²) in [4.78, 5) is 10.4. The van der Waals surface area contributed by atoms with Crippen molar-refractivity contribution >= 4 is 5.97 Å². The Morgan fingerprint density at radius 2 is 2.00 bits per heavy atom. The molecule has 0 aromatic carbocycles. The Morgan fingerprint density at radius 1 is 1.35 bits per heavy atom. The zero-order valence-corrected chi connectivity index (χ0v) is 11.7. The van der Waals surface area contributed by atoms with E-state index in [1.54, 1.807) is 0 Å². The van der Waals surface area contributed by atoms with Crippen LogP contribution >= 0.6 is 0 Å². The molecular weight excluding hydrogens is 214 g/mol. The Hall–Kier alpha value is -0.830. The van der Waals surface area contributed by atoms with Crippen LogP contribution in [0.3, 0.4) is 0 Å². The molecule has 0 aliphatic carbocycles. The first-order valence-corrected chi connectivity index (χ1v) is 6.48. The molecule has 0 bridgehead atoms. The van der Waals surface area contributed by atoms with Crippen molar-refractivity contribution < 1.29 is 9.90 Å². The zero-order chi connectivity index (χ0) is 13.3. The van der Waals surface area contributed by atoms with Crippen molar-refractivity contribution in [3.8, 4) is 0 Å². The molecule has 17 heavy (non-hydrogen) atoms. The molecule has 0 atom stereocenters. The van der Waals surface area contributed by atoms with Gasteiger partial charge in [0.15, 0.2) is 0 Å². The van der Waals surface area contributed by atoms with E-state index in [9.17, 15) is 4.79 Å². The Kier molecular flexibility index (Phi) is 7.88. The number of nitrogens with one attached hydrogen (secondary N) is 1. The molecule has 0 rings (SSSR count). The minimum absolute atomic E-state index is 0.290. The lowest BCUT2D eigenvalue weighted by atomic mass is 9.87. The van der Waals surface area contributed by atoms with Gasteiger partial charge < -0.3 is 10.4 Å². The number of hydrogen-bond acceptors (Lipinski definition) is 2. The Balaban J connectivity index is 3.82. The Labute approximate surface area is 105 Å². The number of carboxylic acid groups (broad SMARTS) is 1. The third-order valence-electron chi connectivity index (χ3n) is 2.83. The maximum absolute atomic E-state index is 10.4. The second kappa shape index (κ2) is 8.29. The first-order chi connectivity index (χ1) is 7.87. The van der Waals surface area contributed by atoms with Crippen molar-refractivity contribution in [1.82, 2.24) is 5.32 Å². The highest BCUT2D eigenvalue weighted by Crippen LogP contribution is 2.22. The van der Waals surface area contributed by atoms with Crippen LogP contribution in [0.2, 0.25) is 0 Å². The lowest BCUT2D eigenvalue weighted by molar-refractivity contribution is -0.131. The third kappa shape index (κ3) is 10.1. The van der Waals surface area contributed by atoms with Crippen molar-refractivity contribution in [1.29, 1.82) is 0 Å². The second-order valence-electron chi connectivity index (χ2n) is 5.55. The van der Waals surface area contributed by atoms with Crippen LogP contribution in [0.15, 0.2) is 11.6 Å². The molecule has 0 saturated heterocycles. The number of aliphatic carboxylic acids is 1. The predicted octanol–water partition coefficient (Wildman–Crippen LogP) is 3.21. The van der Waals surface area contributed by atoms with E-state index in [0.717, 1.165) is 12.1 Å². The van der Waals surface area contributed by atoms with Gasteiger partial charge in [0.1, 0.15) is 0 Å². The van der Waals surface area contributed by atoms with Crippen LogP contribution in [0.25, 0.3) is 0 Å². The van der Waals surface area contributed by atoms with E-state index in [-0.39, 0.29) is 0 Å². The summed E-state index contributed by atoms with van der Waals surface area (Å²) in [6.45, 7) is 10.2. The molecule has 0 aromatic rings. The highest BCUT2D eigenvalue weighted by Gasteiger charge is 2.16. The minimum Gasteiger partial charge on any atom is -0.478 e. The van der Waals surface area contributed by atoms with Crippen LogP contribution in [0.1, 0.15) is 53.4 Å². The van der Waals surface area contributed by atoms with Crippen LogP contribution in [-0.4, -0.2) is 24.2 Å². The molecule has 0 heterocycles. The molecule has 100 valence electrons. The van der Waals surface area contributed by atoms with Gasteiger partial charge in [-0.1, -0.05) is 45.6 Å². The molecule has 0 aliphatic heterocycles. The molecule has 0 radical (unpaired) electrons. The summed E-state index contributed by atoms with van der Waals surface area (Å²) in [5, 5.41) is 11.9. The summed E-state index contributed by atoms with van der Waals surface area (Å²) in [5.41, 5.74) is 1.15. The van der Waals surface area contributed by atoms with Gasteiger partial charge in [0.2, 0.25) is 0 Å². The fraction of sp³-hybridized carbons (Fsp3) is 0.786. The maximum Gasteiger partial charge on any atom is 0.328 e. The van der Waals surface area contributed by atoms with Gasteiger partial charge in [-0.2, -0.15) is 0 Å². The highest BCUT2D eigenvalue weighted by atomic mass is 16.4. The van der Waals surface area contributed by atoms with Crippen molar-refractivity contribution in [2.24, 2.45) is 5.41 Å². The number of carboxylic acids is 1. The van der Waals surface area contributed by atoms with Crippen LogP contribution in [0.5, 0.6) is 0 Å². The molecule has 3 nitrogen and oxygen atoms in total. The van der Waals surface area contributed by atoms with E-state index in [1.165, 1.54) is 31.8 Å². The lowest BCUT2D eigenvalue weighted by Gasteiger charge is -2.25. The smallest absolute Gasteiger partial charge is 0.328 e. The average Bonchev–Trinajstić information content (AvgIpc) is 2.16. The third-order valence-corrected chi connectivity index (χ3v) is 2.83. The van der Waals surface area contributed by atoms with Crippen LogP contribution in [-0.2, 0) is 4.79 Å². The van der Waals surface area contributed by atoms with Crippen molar-refractivity contribution in [3.63, 3.8) is 0 Å². The fourth-order valence-corrected chi connectivity index (χ4v) is 1.80. The second-order valence-corrected chi connectivity index (χ2v) is 5.55. The molecule has 2 N–H and O–H groups in total. The van der Waals surface area contributed by atoms with E-state index in [1.807, 2.05) is 6.92 Å². The van der Waals surface area contributed by atoms with Gasteiger partial charge in [0.25, 0.3) is 0 Å². The van der Waals surface area contributed by atoms with Crippen LogP contribution in [0.4, 0.5) is 0 Å². The maximum atomic E-state index is 10.4. The number of unbranched alkanes of at least 4 members (excludes halogenated alkanes) is 2. The number of rotatable bonds is 9. The first kappa shape index (κ1) is 16.2. The molecule has 0 aromatic heterocycles. The van der Waals surface area contributed by atoms with E-state index in [2.05, 4.69) is 26.1 Å². The molecule has 3 heteroatoms. The van der Waals surface area contributed by atoms with Gasteiger partial charge in [0, 0.05) is 19.2 Å². The highest BCUT2D eigenvalue weighted by molar-refractivity contribution is 5.80. The lowest BCUT2D eigenvalue weighted by Crippen LogP contribution is -2.30. The Bertz CT molecular complexity index is 257. The normalized spacial score (nSPS) is 12.8. The molecular formula is C14H27NO2. The topological polar surface area (TPSA) is 49.3 Å². The van der Waals surface area contributed by atoms with Crippen molar-refractivity contribution in [3.05, 3.63) is 11.6 Å².